The number of nitrogens with zero attached hydrogens (tertiary/aromatic N) is 3. The standard InChI is InChI=1S/C18H23BrN4O/c1-5-6-9-23(4)17-11-16(20-13(3)21-17)18(24)22-14-7-8-15(19)12(2)10-14/h7-8,10-11H,5-6,9H2,1-4H3,(H,22,24). The number of rotatable bonds is 6. The van der Waals surface area contributed by atoms with Gasteiger partial charge in [0.25, 0.3) is 5.91 Å². The van der Waals surface area contributed by atoms with E-state index in [1.807, 2.05) is 32.2 Å². The first-order chi connectivity index (χ1) is 11.4. The molecular formula is C18H23BrN4O. The zero-order chi connectivity index (χ0) is 17.7. The molecule has 0 aliphatic rings. The molecule has 0 atom stereocenters. The molecule has 24 heavy (non-hydrogen) atoms. The average Bonchev–Trinajstić information content (AvgIpc) is 2.55. The Kier molecular flexibility index (Phi) is 6.31. The van der Waals surface area contributed by atoms with Gasteiger partial charge in [0.05, 0.1) is 0 Å². The van der Waals surface area contributed by atoms with Gasteiger partial charge in [-0.2, -0.15) is 0 Å². The van der Waals surface area contributed by atoms with E-state index in [-0.39, 0.29) is 5.91 Å². The van der Waals surface area contributed by atoms with Crippen molar-refractivity contribution in [1.29, 1.82) is 0 Å². The quantitative estimate of drug-likeness (QED) is 0.796. The summed E-state index contributed by atoms with van der Waals surface area (Å²) in [4.78, 5) is 23.3. The minimum absolute atomic E-state index is 0.229. The lowest BCUT2D eigenvalue weighted by atomic mass is 10.2. The number of amides is 1. The van der Waals surface area contributed by atoms with E-state index in [2.05, 4.69) is 43.0 Å². The van der Waals surface area contributed by atoms with Crippen LogP contribution in [-0.4, -0.2) is 29.5 Å². The summed E-state index contributed by atoms with van der Waals surface area (Å²) in [6, 6.07) is 7.44. The second-order valence-corrected chi connectivity index (χ2v) is 6.71. The summed E-state index contributed by atoms with van der Waals surface area (Å²) >= 11 is 3.46. The summed E-state index contributed by atoms with van der Waals surface area (Å²) in [7, 11) is 1.98. The molecule has 1 heterocycles. The van der Waals surface area contributed by atoms with E-state index >= 15 is 0 Å². The van der Waals surface area contributed by atoms with Crippen molar-refractivity contribution in [3.63, 3.8) is 0 Å². The molecule has 0 aliphatic heterocycles. The van der Waals surface area contributed by atoms with Gasteiger partial charge in [0, 0.05) is 29.8 Å². The highest BCUT2D eigenvalue weighted by atomic mass is 79.9. The number of nitrogens with one attached hydrogen (secondary N) is 1. The molecule has 1 aromatic heterocycles. The zero-order valence-corrected chi connectivity index (χ0v) is 16.1. The number of aryl methyl sites for hydroxylation is 2. The van der Waals surface area contributed by atoms with Crippen LogP contribution in [0.2, 0.25) is 0 Å². The molecule has 0 saturated carbocycles. The van der Waals surface area contributed by atoms with Crippen molar-refractivity contribution in [1.82, 2.24) is 9.97 Å². The van der Waals surface area contributed by atoms with Crippen molar-refractivity contribution in [3.05, 3.63) is 45.8 Å². The smallest absolute Gasteiger partial charge is 0.274 e. The summed E-state index contributed by atoms with van der Waals surface area (Å²) in [5.74, 6) is 1.13. The number of benzene rings is 1. The maximum atomic E-state index is 12.5. The van der Waals surface area contributed by atoms with Gasteiger partial charge in [-0.15, -0.1) is 0 Å². The first kappa shape index (κ1) is 18.4. The Morgan fingerprint density at radius 3 is 2.67 bits per heavy atom. The van der Waals surface area contributed by atoms with E-state index in [1.54, 1.807) is 13.0 Å². The normalized spacial score (nSPS) is 10.5. The van der Waals surface area contributed by atoms with Gasteiger partial charge in [-0.05, 0) is 44.0 Å². The lowest BCUT2D eigenvalue weighted by Gasteiger charge is -2.18. The number of halogens is 1. The minimum Gasteiger partial charge on any atom is -0.360 e. The first-order valence-electron chi connectivity index (χ1n) is 8.05. The Hall–Kier alpha value is -1.95. The van der Waals surface area contributed by atoms with E-state index in [0.717, 1.165) is 40.9 Å². The first-order valence-corrected chi connectivity index (χ1v) is 8.84. The van der Waals surface area contributed by atoms with Gasteiger partial charge in [0.15, 0.2) is 0 Å². The van der Waals surface area contributed by atoms with Crippen molar-refractivity contribution >= 4 is 33.3 Å². The molecule has 128 valence electrons. The van der Waals surface area contributed by atoms with E-state index in [1.165, 1.54) is 0 Å². The fourth-order valence-corrected chi connectivity index (χ4v) is 2.54. The largest absolute Gasteiger partial charge is 0.360 e. The Morgan fingerprint density at radius 1 is 1.25 bits per heavy atom. The maximum absolute atomic E-state index is 12.5. The summed E-state index contributed by atoms with van der Waals surface area (Å²) < 4.78 is 1.01. The van der Waals surface area contributed by atoms with Gasteiger partial charge in [0.1, 0.15) is 17.3 Å². The predicted molar refractivity (Wildman–Crippen MR) is 102 cm³/mol. The van der Waals surface area contributed by atoms with Crippen molar-refractivity contribution in [2.45, 2.75) is 33.6 Å². The second-order valence-electron chi connectivity index (χ2n) is 5.85. The molecule has 0 aliphatic carbocycles. The van der Waals surface area contributed by atoms with E-state index in [4.69, 9.17) is 0 Å². The summed E-state index contributed by atoms with van der Waals surface area (Å²) in [6.07, 6.45) is 2.20. The molecule has 1 aromatic carbocycles. The molecule has 2 rings (SSSR count). The Morgan fingerprint density at radius 2 is 2.00 bits per heavy atom. The molecule has 1 N–H and O–H groups in total. The van der Waals surface area contributed by atoms with Crippen molar-refractivity contribution in [2.24, 2.45) is 0 Å². The highest BCUT2D eigenvalue weighted by molar-refractivity contribution is 9.10. The van der Waals surface area contributed by atoms with Gasteiger partial charge in [0.2, 0.25) is 0 Å². The monoisotopic (exact) mass is 390 g/mol. The third-order valence-corrected chi connectivity index (χ3v) is 4.60. The van der Waals surface area contributed by atoms with Crippen LogP contribution in [0, 0.1) is 13.8 Å². The highest BCUT2D eigenvalue weighted by Gasteiger charge is 2.13. The fraction of sp³-hybridized carbons (Fsp3) is 0.389. The fourth-order valence-electron chi connectivity index (χ4n) is 2.29. The third-order valence-electron chi connectivity index (χ3n) is 3.71. The summed E-state index contributed by atoms with van der Waals surface area (Å²) in [6.45, 7) is 6.84. The van der Waals surface area contributed by atoms with Crippen LogP contribution in [0.1, 0.15) is 41.6 Å². The highest BCUT2D eigenvalue weighted by Crippen LogP contribution is 2.21. The molecule has 0 radical (unpaired) electrons. The van der Waals surface area contributed by atoms with E-state index < -0.39 is 0 Å². The van der Waals surface area contributed by atoms with Crippen LogP contribution in [0.4, 0.5) is 11.5 Å². The Balaban J connectivity index is 2.19. The van der Waals surface area contributed by atoms with Crippen molar-refractivity contribution in [2.75, 3.05) is 23.8 Å². The minimum atomic E-state index is -0.229. The summed E-state index contributed by atoms with van der Waals surface area (Å²) in [5.41, 5.74) is 2.19. The third kappa shape index (κ3) is 4.77. The van der Waals surface area contributed by atoms with Gasteiger partial charge in [-0.3, -0.25) is 4.79 Å². The molecule has 6 heteroatoms. The van der Waals surface area contributed by atoms with Crippen LogP contribution in [0.25, 0.3) is 0 Å². The van der Waals surface area contributed by atoms with Crippen molar-refractivity contribution < 1.29 is 4.79 Å². The Labute approximate surface area is 151 Å². The van der Waals surface area contributed by atoms with Crippen LogP contribution in [0.5, 0.6) is 0 Å². The van der Waals surface area contributed by atoms with Gasteiger partial charge < -0.3 is 10.2 Å². The molecule has 1 amide bonds. The lowest BCUT2D eigenvalue weighted by Crippen LogP contribution is -2.22. The number of anilines is 2. The van der Waals surface area contributed by atoms with E-state index in [9.17, 15) is 4.79 Å². The molecular weight excluding hydrogens is 368 g/mol. The van der Waals surface area contributed by atoms with Gasteiger partial charge in [-0.25, -0.2) is 9.97 Å². The molecule has 0 bridgehead atoms. The van der Waals surface area contributed by atoms with Gasteiger partial charge in [-0.1, -0.05) is 29.3 Å². The Bertz CT molecular complexity index is 733. The van der Waals surface area contributed by atoms with Crippen LogP contribution in [-0.2, 0) is 0 Å². The van der Waals surface area contributed by atoms with Crippen molar-refractivity contribution in [3.8, 4) is 0 Å². The summed E-state index contributed by atoms with van der Waals surface area (Å²) in [5, 5.41) is 2.89. The molecule has 0 unspecified atom stereocenters. The zero-order valence-electron chi connectivity index (χ0n) is 14.6. The molecule has 5 nitrogen and oxygen atoms in total. The number of unbranched alkanes of at least 4 members (excludes halogenated alkanes) is 1. The number of hydrogen-bond acceptors (Lipinski definition) is 4. The maximum Gasteiger partial charge on any atom is 0.274 e. The number of carbonyl (C=O) groups is 1. The number of aromatic nitrogens is 2. The molecule has 0 saturated heterocycles. The van der Waals surface area contributed by atoms with E-state index in [0.29, 0.717) is 11.5 Å². The lowest BCUT2D eigenvalue weighted by molar-refractivity contribution is 0.102. The average molecular weight is 391 g/mol. The van der Waals surface area contributed by atoms with Crippen LogP contribution >= 0.6 is 15.9 Å². The molecule has 0 fully saturated rings. The van der Waals surface area contributed by atoms with Crippen LogP contribution in [0.15, 0.2) is 28.7 Å². The SMILES string of the molecule is CCCCN(C)c1cc(C(=O)Nc2ccc(Br)c(C)c2)nc(C)n1. The predicted octanol–water partition coefficient (Wildman–Crippen LogP) is 4.34. The van der Waals surface area contributed by atoms with Crippen LogP contribution in [0.3, 0.4) is 0 Å². The molecule has 2 aromatic rings. The second kappa shape index (κ2) is 8.24. The number of carbonyl (C=O) groups excluding carboxylic acids is 1. The number of hydrogen-bond donors (Lipinski definition) is 1. The van der Waals surface area contributed by atoms with Gasteiger partial charge >= 0.3 is 0 Å². The molecule has 0 spiro atoms. The van der Waals surface area contributed by atoms with Crippen LogP contribution < -0.4 is 10.2 Å². The topological polar surface area (TPSA) is 58.1 Å².